The number of hydrogen-bond acceptors (Lipinski definition) is 5. The summed E-state index contributed by atoms with van der Waals surface area (Å²) in [5, 5.41) is 2.76. The van der Waals surface area contributed by atoms with Gasteiger partial charge in [-0.3, -0.25) is 9.59 Å². The maximum absolute atomic E-state index is 11.9. The first-order valence-electron chi connectivity index (χ1n) is 8.21. The number of amides is 1. The van der Waals surface area contributed by atoms with Crippen LogP contribution in [0.2, 0.25) is 0 Å². The molecule has 0 saturated carbocycles. The van der Waals surface area contributed by atoms with Crippen molar-refractivity contribution < 1.29 is 23.9 Å². The van der Waals surface area contributed by atoms with Crippen molar-refractivity contribution in [2.45, 2.75) is 19.8 Å². The van der Waals surface area contributed by atoms with E-state index in [1.807, 2.05) is 0 Å². The first kappa shape index (κ1) is 19.2. The number of Topliss-reactive ketones (excluding diaryl/α,β-unsaturated/α-hetero) is 1. The van der Waals surface area contributed by atoms with Crippen LogP contribution in [0.25, 0.3) is 0 Å². The van der Waals surface area contributed by atoms with Crippen LogP contribution in [-0.4, -0.2) is 31.4 Å². The van der Waals surface area contributed by atoms with Crippen LogP contribution in [-0.2, 0) is 9.53 Å². The molecule has 0 aliphatic heterocycles. The summed E-state index contributed by atoms with van der Waals surface area (Å²) >= 11 is 0. The number of methoxy groups -OCH3 is 1. The molecule has 0 radical (unpaired) electrons. The number of rotatable bonds is 8. The van der Waals surface area contributed by atoms with Crippen LogP contribution in [0, 0.1) is 0 Å². The zero-order chi connectivity index (χ0) is 18.9. The standard InChI is InChI=1S/C20H21NO5/c1-14(22)15-7-11-18(12-8-15)26-13-3-4-19(23)21-17-9-5-16(6-10-17)20(24)25-2/h5-12H,3-4,13H2,1-2H3,(H,21,23). The quantitative estimate of drug-likeness (QED) is 0.445. The van der Waals surface area contributed by atoms with Crippen molar-refractivity contribution >= 4 is 23.3 Å². The molecule has 0 bridgehead atoms. The summed E-state index contributed by atoms with van der Waals surface area (Å²) in [6.07, 6.45) is 0.866. The van der Waals surface area contributed by atoms with Gasteiger partial charge in [-0.15, -0.1) is 0 Å². The molecule has 0 fully saturated rings. The van der Waals surface area contributed by atoms with E-state index in [0.717, 1.165) is 0 Å². The molecule has 0 aliphatic rings. The van der Waals surface area contributed by atoms with Crippen LogP contribution >= 0.6 is 0 Å². The number of hydrogen-bond donors (Lipinski definition) is 1. The summed E-state index contributed by atoms with van der Waals surface area (Å²) < 4.78 is 10.2. The lowest BCUT2D eigenvalue weighted by Gasteiger charge is -2.08. The van der Waals surface area contributed by atoms with Gasteiger partial charge in [-0.05, 0) is 61.9 Å². The SMILES string of the molecule is COC(=O)c1ccc(NC(=O)CCCOc2ccc(C(C)=O)cc2)cc1. The number of ketones is 1. The molecule has 0 atom stereocenters. The van der Waals surface area contributed by atoms with Gasteiger partial charge in [-0.2, -0.15) is 0 Å². The van der Waals surface area contributed by atoms with E-state index < -0.39 is 5.97 Å². The smallest absolute Gasteiger partial charge is 0.337 e. The van der Waals surface area contributed by atoms with Gasteiger partial charge in [0.05, 0.1) is 19.3 Å². The highest BCUT2D eigenvalue weighted by Crippen LogP contribution is 2.14. The molecule has 26 heavy (non-hydrogen) atoms. The summed E-state index contributed by atoms with van der Waals surface area (Å²) in [6, 6.07) is 13.4. The minimum atomic E-state index is -0.420. The Hall–Kier alpha value is -3.15. The molecular weight excluding hydrogens is 334 g/mol. The van der Waals surface area contributed by atoms with E-state index in [4.69, 9.17) is 4.74 Å². The van der Waals surface area contributed by atoms with Gasteiger partial charge in [-0.25, -0.2) is 4.79 Å². The molecule has 6 heteroatoms. The van der Waals surface area contributed by atoms with Crippen LogP contribution in [0.15, 0.2) is 48.5 Å². The molecule has 6 nitrogen and oxygen atoms in total. The lowest BCUT2D eigenvalue weighted by molar-refractivity contribution is -0.116. The number of benzene rings is 2. The number of carbonyl (C=O) groups is 3. The Balaban J connectivity index is 1.71. The second kappa shape index (κ2) is 9.36. The normalized spacial score (nSPS) is 10.1. The van der Waals surface area contributed by atoms with E-state index in [-0.39, 0.29) is 11.7 Å². The molecule has 2 rings (SSSR count). The van der Waals surface area contributed by atoms with Crippen LogP contribution in [0.5, 0.6) is 5.75 Å². The Labute approximate surface area is 152 Å². The summed E-state index contributed by atoms with van der Waals surface area (Å²) in [7, 11) is 1.32. The van der Waals surface area contributed by atoms with Crippen molar-refractivity contribution in [2.75, 3.05) is 19.0 Å². The van der Waals surface area contributed by atoms with Crippen molar-refractivity contribution in [3.8, 4) is 5.75 Å². The summed E-state index contributed by atoms with van der Waals surface area (Å²) in [5.74, 6) is 0.115. The Bertz CT molecular complexity index is 766. The molecule has 0 heterocycles. The van der Waals surface area contributed by atoms with Gasteiger partial charge in [0, 0.05) is 17.7 Å². The number of carbonyl (C=O) groups excluding carboxylic acids is 3. The highest BCUT2D eigenvalue weighted by atomic mass is 16.5. The van der Waals surface area contributed by atoms with Gasteiger partial charge < -0.3 is 14.8 Å². The van der Waals surface area contributed by atoms with E-state index in [1.54, 1.807) is 48.5 Å². The van der Waals surface area contributed by atoms with E-state index in [2.05, 4.69) is 10.1 Å². The molecular formula is C20H21NO5. The van der Waals surface area contributed by atoms with Crippen LogP contribution in [0.4, 0.5) is 5.69 Å². The minimum absolute atomic E-state index is 0.00726. The average molecular weight is 355 g/mol. The Morgan fingerprint density at radius 3 is 2.12 bits per heavy atom. The van der Waals surface area contributed by atoms with E-state index in [0.29, 0.717) is 42.0 Å². The fourth-order valence-electron chi connectivity index (χ4n) is 2.24. The first-order chi connectivity index (χ1) is 12.5. The fourth-order valence-corrected chi connectivity index (χ4v) is 2.24. The number of nitrogens with one attached hydrogen (secondary N) is 1. The predicted octanol–water partition coefficient (Wildman–Crippen LogP) is 3.47. The third-order valence-corrected chi connectivity index (χ3v) is 3.67. The van der Waals surface area contributed by atoms with Gasteiger partial charge in [0.1, 0.15) is 5.75 Å². The second-order valence-electron chi connectivity index (χ2n) is 5.65. The second-order valence-corrected chi connectivity index (χ2v) is 5.65. The average Bonchev–Trinajstić information content (AvgIpc) is 2.65. The fraction of sp³-hybridized carbons (Fsp3) is 0.250. The van der Waals surface area contributed by atoms with Gasteiger partial charge in [0.15, 0.2) is 5.78 Å². The van der Waals surface area contributed by atoms with Crippen molar-refractivity contribution in [1.82, 2.24) is 0 Å². The molecule has 0 aromatic heterocycles. The summed E-state index contributed by atoms with van der Waals surface area (Å²) in [5.41, 5.74) is 1.67. The van der Waals surface area contributed by atoms with Crippen LogP contribution in [0.1, 0.15) is 40.5 Å². The Morgan fingerprint density at radius 2 is 1.54 bits per heavy atom. The molecule has 1 N–H and O–H groups in total. The van der Waals surface area contributed by atoms with E-state index in [9.17, 15) is 14.4 Å². The maximum Gasteiger partial charge on any atom is 0.337 e. The first-order valence-corrected chi connectivity index (χ1v) is 8.21. The largest absolute Gasteiger partial charge is 0.494 e. The minimum Gasteiger partial charge on any atom is -0.494 e. The molecule has 0 unspecified atom stereocenters. The van der Waals surface area contributed by atoms with Crippen LogP contribution in [0.3, 0.4) is 0 Å². The van der Waals surface area contributed by atoms with Crippen molar-refractivity contribution in [3.05, 3.63) is 59.7 Å². The van der Waals surface area contributed by atoms with Crippen molar-refractivity contribution in [1.29, 1.82) is 0 Å². The van der Waals surface area contributed by atoms with E-state index >= 15 is 0 Å². The Morgan fingerprint density at radius 1 is 0.923 bits per heavy atom. The van der Waals surface area contributed by atoms with E-state index in [1.165, 1.54) is 14.0 Å². The van der Waals surface area contributed by atoms with Crippen molar-refractivity contribution in [3.63, 3.8) is 0 Å². The zero-order valence-electron chi connectivity index (χ0n) is 14.8. The zero-order valence-corrected chi connectivity index (χ0v) is 14.8. The highest BCUT2D eigenvalue weighted by molar-refractivity contribution is 5.94. The monoisotopic (exact) mass is 355 g/mol. The van der Waals surface area contributed by atoms with Gasteiger partial charge in [0.2, 0.25) is 5.91 Å². The third kappa shape index (κ3) is 5.73. The van der Waals surface area contributed by atoms with Gasteiger partial charge >= 0.3 is 5.97 Å². The molecule has 0 saturated heterocycles. The van der Waals surface area contributed by atoms with Gasteiger partial charge in [-0.1, -0.05) is 0 Å². The maximum atomic E-state index is 11.9. The van der Waals surface area contributed by atoms with Gasteiger partial charge in [0.25, 0.3) is 0 Å². The lowest BCUT2D eigenvalue weighted by atomic mass is 10.1. The molecule has 0 aliphatic carbocycles. The Kier molecular flexibility index (Phi) is 6.91. The molecule has 0 spiro atoms. The van der Waals surface area contributed by atoms with Crippen molar-refractivity contribution in [2.24, 2.45) is 0 Å². The molecule has 136 valence electrons. The summed E-state index contributed by atoms with van der Waals surface area (Å²) in [6.45, 7) is 1.91. The molecule has 2 aromatic rings. The third-order valence-electron chi connectivity index (χ3n) is 3.67. The highest BCUT2D eigenvalue weighted by Gasteiger charge is 2.07. The molecule has 1 amide bonds. The number of anilines is 1. The molecule has 2 aromatic carbocycles. The summed E-state index contributed by atoms with van der Waals surface area (Å²) in [4.78, 5) is 34.5. The number of ether oxygens (including phenoxy) is 2. The number of esters is 1. The van der Waals surface area contributed by atoms with Crippen LogP contribution < -0.4 is 10.1 Å². The topological polar surface area (TPSA) is 81.7 Å². The lowest BCUT2D eigenvalue weighted by Crippen LogP contribution is -2.13. The predicted molar refractivity (Wildman–Crippen MR) is 97.6 cm³/mol.